The SMILES string of the molecule is Cc1ccc(Cn2ccc(NC(=S)Nc3ccccc3C(F)(F)F)n2)cc1. The number of anilines is 2. The molecule has 0 aliphatic heterocycles. The summed E-state index contributed by atoms with van der Waals surface area (Å²) in [5.41, 5.74) is 1.38. The van der Waals surface area contributed by atoms with E-state index in [1.165, 1.54) is 23.8 Å². The number of para-hydroxylation sites is 1. The van der Waals surface area contributed by atoms with Crippen molar-refractivity contribution in [2.24, 2.45) is 0 Å². The van der Waals surface area contributed by atoms with Crippen LogP contribution in [0.5, 0.6) is 0 Å². The number of rotatable bonds is 4. The molecule has 27 heavy (non-hydrogen) atoms. The molecule has 3 aromatic rings. The van der Waals surface area contributed by atoms with E-state index in [-0.39, 0.29) is 10.8 Å². The van der Waals surface area contributed by atoms with E-state index in [2.05, 4.69) is 15.7 Å². The van der Waals surface area contributed by atoms with Crippen molar-refractivity contribution in [2.45, 2.75) is 19.6 Å². The molecule has 1 heterocycles. The monoisotopic (exact) mass is 390 g/mol. The Labute approximate surface area is 160 Å². The molecule has 0 aliphatic rings. The predicted molar refractivity (Wildman–Crippen MR) is 104 cm³/mol. The van der Waals surface area contributed by atoms with Crippen LogP contribution in [0.15, 0.2) is 60.8 Å². The Bertz CT molecular complexity index is 933. The van der Waals surface area contributed by atoms with Gasteiger partial charge in [0, 0.05) is 12.3 Å². The van der Waals surface area contributed by atoms with Gasteiger partial charge in [-0.25, -0.2) is 0 Å². The molecule has 0 bridgehead atoms. The van der Waals surface area contributed by atoms with Gasteiger partial charge in [0.15, 0.2) is 10.9 Å². The third-order valence-electron chi connectivity index (χ3n) is 3.83. The zero-order valence-corrected chi connectivity index (χ0v) is 15.2. The Morgan fingerprint density at radius 2 is 1.74 bits per heavy atom. The lowest BCUT2D eigenvalue weighted by atomic mass is 10.1. The van der Waals surface area contributed by atoms with Gasteiger partial charge in [0.2, 0.25) is 0 Å². The van der Waals surface area contributed by atoms with E-state index in [4.69, 9.17) is 12.2 Å². The smallest absolute Gasteiger partial charge is 0.332 e. The lowest BCUT2D eigenvalue weighted by molar-refractivity contribution is -0.136. The van der Waals surface area contributed by atoms with E-state index in [0.717, 1.165) is 11.6 Å². The molecule has 0 atom stereocenters. The highest BCUT2D eigenvalue weighted by Gasteiger charge is 2.33. The number of halogens is 3. The van der Waals surface area contributed by atoms with Crippen LogP contribution in [0.4, 0.5) is 24.7 Å². The highest BCUT2D eigenvalue weighted by Crippen LogP contribution is 2.34. The Morgan fingerprint density at radius 3 is 2.44 bits per heavy atom. The average molecular weight is 390 g/mol. The molecule has 0 saturated heterocycles. The zero-order valence-electron chi connectivity index (χ0n) is 14.4. The van der Waals surface area contributed by atoms with Gasteiger partial charge in [-0.1, -0.05) is 42.0 Å². The fraction of sp³-hybridized carbons (Fsp3) is 0.158. The molecule has 140 valence electrons. The number of aromatic nitrogens is 2. The highest BCUT2D eigenvalue weighted by molar-refractivity contribution is 7.80. The van der Waals surface area contributed by atoms with Crippen LogP contribution >= 0.6 is 12.2 Å². The van der Waals surface area contributed by atoms with Gasteiger partial charge < -0.3 is 10.6 Å². The summed E-state index contributed by atoms with van der Waals surface area (Å²) in [5, 5.41) is 9.76. The lowest BCUT2D eigenvalue weighted by Gasteiger charge is -2.15. The van der Waals surface area contributed by atoms with Gasteiger partial charge in [0.1, 0.15) is 0 Å². The molecule has 0 saturated carbocycles. The van der Waals surface area contributed by atoms with Gasteiger partial charge in [-0.05, 0) is 36.8 Å². The Kier molecular flexibility index (Phi) is 5.46. The van der Waals surface area contributed by atoms with Crippen molar-refractivity contribution in [1.82, 2.24) is 9.78 Å². The first-order valence-electron chi connectivity index (χ1n) is 8.14. The molecule has 0 radical (unpaired) electrons. The molecule has 1 aromatic heterocycles. The number of aryl methyl sites for hydroxylation is 1. The number of nitrogens with one attached hydrogen (secondary N) is 2. The van der Waals surface area contributed by atoms with Gasteiger partial charge in [-0.15, -0.1) is 0 Å². The van der Waals surface area contributed by atoms with E-state index in [0.29, 0.717) is 12.4 Å². The van der Waals surface area contributed by atoms with E-state index < -0.39 is 11.7 Å². The third-order valence-corrected chi connectivity index (χ3v) is 4.03. The summed E-state index contributed by atoms with van der Waals surface area (Å²) < 4.78 is 40.8. The number of hydrogen-bond acceptors (Lipinski definition) is 2. The van der Waals surface area contributed by atoms with Crippen LogP contribution < -0.4 is 10.6 Å². The fourth-order valence-electron chi connectivity index (χ4n) is 2.51. The summed E-state index contributed by atoms with van der Waals surface area (Å²) in [6.07, 6.45) is -2.69. The van der Waals surface area contributed by atoms with Crippen molar-refractivity contribution in [3.05, 3.63) is 77.5 Å². The second kappa shape index (κ2) is 7.79. The Balaban J connectivity index is 1.64. The first-order chi connectivity index (χ1) is 12.8. The van der Waals surface area contributed by atoms with Crippen LogP contribution in [0.1, 0.15) is 16.7 Å². The first kappa shape index (κ1) is 18.9. The van der Waals surface area contributed by atoms with E-state index in [9.17, 15) is 13.2 Å². The Morgan fingerprint density at radius 1 is 1.04 bits per heavy atom. The van der Waals surface area contributed by atoms with Crippen molar-refractivity contribution in [2.75, 3.05) is 10.6 Å². The van der Waals surface area contributed by atoms with Crippen LogP contribution in [0.3, 0.4) is 0 Å². The van der Waals surface area contributed by atoms with Crippen LogP contribution in [-0.2, 0) is 12.7 Å². The summed E-state index contributed by atoms with van der Waals surface area (Å²) in [4.78, 5) is 0. The molecular weight excluding hydrogens is 373 g/mol. The van der Waals surface area contributed by atoms with Crippen LogP contribution in [0.25, 0.3) is 0 Å². The second-order valence-corrected chi connectivity index (χ2v) is 6.41. The second-order valence-electron chi connectivity index (χ2n) is 6.01. The normalized spacial score (nSPS) is 11.3. The molecule has 4 nitrogen and oxygen atoms in total. The molecule has 0 spiro atoms. The maximum absolute atomic E-state index is 13.0. The molecular formula is C19H17F3N4S. The minimum Gasteiger partial charge on any atom is -0.332 e. The topological polar surface area (TPSA) is 41.9 Å². The number of hydrogen-bond donors (Lipinski definition) is 2. The zero-order chi connectivity index (χ0) is 19.4. The summed E-state index contributed by atoms with van der Waals surface area (Å²) in [6.45, 7) is 2.60. The fourth-order valence-corrected chi connectivity index (χ4v) is 2.72. The lowest BCUT2D eigenvalue weighted by Crippen LogP contribution is -2.22. The van der Waals surface area contributed by atoms with E-state index in [1.54, 1.807) is 16.9 Å². The minimum absolute atomic E-state index is 0.0345. The average Bonchev–Trinajstić information content (AvgIpc) is 3.03. The summed E-state index contributed by atoms with van der Waals surface area (Å²) in [6, 6.07) is 15.0. The third kappa shape index (κ3) is 5.07. The van der Waals surface area contributed by atoms with Crippen molar-refractivity contribution in [3.63, 3.8) is 0 Å². The molecule has 0 unspecified atom stereocenters. The van der Waals surface area contributed by atoms with Crippen LogP contribution in [0, 0.1) is 6.92 Å². The van der Waals surface area contributed by atoms with Crippen LogP contribution in [-0.4, -0.2) is 14.9 Å². The van der Waals surface area contributed by atoms with E-state index >= 15 is 0 Å². The van der Waals surface area contributed by atoms with Gasteiger partial charge in [-0.2, -0.15) is 18.3 Å². The Hall–Kier alpha value is -2.87. The molecule has 8 heteroatoms. The molecule has 0 aliphatic carbocycles. The van der Waals surface area contributed by atoms with Crippen LogP contribution in [0.2, 0.25) is 0 Å². The predicted octanol–water partition coefficient (Wildman–Crippen LogP) is 5.07. The number of thiocarbonyl (C=S) groups is 1. The molecule has 2 N–H and O–H groups in total. The van der Waals surface area contributed by atoms with Gasteiger partial charge >= 0.3 is 6.18 Å². The van der Waals surface area contributed by atoms with Gasteiger partial charge in [0.25, 0.3) is 0 Å². The van der Waals surface area contributed by atoms with Crippen molar-refractivity contribution < 1.29 is 13.2 Å². The maximum Gasteiger partial charge on any atom is 0.418 e. The van der Waals surface area contributed by atoms with Crippen molar-refractivity contribution in [1.29, 1.82) is 0 Å². The first-order valence-corrected chi connectivity index (χ1v) is 8.55. The minimum atomic E-state index is -4.46. The molecule has 0 fully saturated rings. The number of benzene rings is 2. The van der Waals surface area contributed by atoms with Gasteiger partial charge in [0.05, 0.1) is 17.8 Å². The highest BCUT2D eigenvalue weighted by atomic mass is 32.1. The van der Waals surface area contributed by atoms with E-state index in [1.807, 2.05) is 31.2 Å². The standard InChI is InChI=1S/C19H17F3N4S/c1-13-6-8-14(9-7-13)12-26-11-10-17(25-26)24-18(27)23-16-5-3-2-4-15(16)19(20,21)22/h2-11H,12H2,1H3,(H2,23,24,25,27). The largest absolute Gasteiger partial charge is 0.418 e. The molecule has 2 aromatic carbocycles. The van der Waals surface area contributed by atoms with Crippen molar-refractivity contribution in [3.8, 4) is 0 Å². The summed E-state index contributed by atoms with van der Waals surface area (Å²) in [7, 11) is 0. The number of nitrogens with zero attached hydrogens (tertiary/aromatic N) is 2. The summed E-state index contributed by atoms with van der Waals surface area (Å²) >= 11 is 5.12. The molecule has 3 rings (SSSR count). The maximum atomic E-state index is 13.0. The van der Waals surface area contributed by atoms with Gasteiger partial charge in [-0.3, -0.25) is 4.68 Å². The number of alkyl halides is 3. The quantitative estimate of drug-likeness (QED) is 0.611. The van der Waals surface area contributed by atoms with Crippen molar-refractivity contribution >= 4 is 28.8 Å². The molecule has 0 amide bonds. The summed E-state index contributed by atoms with van der Waals surface area (Å²) in [5.74, 6) is 0.448.